The molecule has 3 amide bonds. The number of esters is 12. The average Bonchev–Trinajstić information content (AvgIpc) is 0.825. The van der Waals surface area contributed by atoms with E-state index in [1.54, 1.807) is 0 Å². The zero-order valence-corrected chi connectivity index (χ0v) is 82.2. The fraction of sp³-hybridized carbons (Fsp3) is 0.790. The van der Waals surface area contributed by atoms with Gasteiger partial charge in [0.25, 0.3) is 17.7 Å². The molecule has 0 aliphatic heterocycles. The second kappa shape index (κ2) is 87.2. The molecule has 0 aliphatic carbocycles. The Morgan fingerprint density at radius 3 is 0.481 bits per heavy atom. The smallest absolute Gasteiger partial charge is 0.307 e. The number of ether oxygens (including phenoxy) is 12. The highest BCUT2D eigenvalue weighted by atomic mass is 16.6. The molecule has 1 rings (SSSR count). The third kappa shape index (κ3) is 76.1. The molecule has 133 heavy (non-hydrogen) atoms. The van der Waals surface area contributed by atoms with Crippen molar-refractivity contribution in [1.82, 2.24) is 30.7 Å². The first-order valence-corrected chi connectivity index (χ1v) is 50.6. The van der Waals surface area contributed by atoms with Crippen molar-refractivity contribution in [3.63, 3.8) is 0 Å². The maximum atomic E-state index is 14.3. The van der Waals surface area contributed by atoms with E-state index >= 15 is 0 Å². The van der Waals surface area contributed by atoms with Crippen LogP contribution in [0.5, 0.6) is 0 Å². The summed E-state index contributed by atoms with van der Waals surface area (Å²) in [5, 5.41) is 8.70. The normalized spacial score (nSPS) is 11.1. The SMILES string of the molecule is CCCCCCCCC(=O)OCCOC(=O)CCN(CCCCNC(=O)c1cc(C(=O)NCCCCN(CCC(=O)OCCOC(=O)CCCCCCC)CCC(=O)OCCOC(=O)CCCCCCC)cc(C(=O)NCCCCN(CCC(=O)OCCOC(=O)CCCCCCC)CCC(=O)OCCOC(=O)CCCCCCC)c1)CCC(=O)OCCOC(=O)CCCCCCC. The number of rotatable bonds is 91. The third-order valence-corrected chi connectivity index (χ3v) is 21.9. The van der Waals surface area contributed by atoms with Crippen molar-refractivity contribution in [3.8, 4) is 0 Å². The van der Waals surface area contributed by atoms with Crippen LogP contribution in [0.4, 0.5) is 0 Å². The number of hydrogen-bond donors (Lipinski definition) is 3. The molecule has 3 N–H and O–H groups in total. The van der Waals surface area contributed by atoms with Gasteiger partial charge in [-0.3, -0.25) is 71.9 Å². The minimum Gasteiger partial charge on any atom is -0.462 e. The van der Waals surface area contributed by atoms with Crippen molar-refractivity contribution in [2.45, 2.75) is 356 Å². The number of benzene rings is 1. The second-order valence-electron chi connectivity index (χ2n) is 33.7. The fourth-order valence-electron chi connectivity index (χ4n) is 14.0. The van der Waals surface area contributed by atoms with Gasteiger partial charge in [-0.05, 0) is 115 Å². The number of amides is 3. The zero-order valence-electron chi connectivity index (χ0n) is 82.2. The zero-order chi connectivity index (χ0) is 97.5. The van der Waals surface area contributed by atoms with Gasteiger partial charge in [-0.15, -0.1) is 0 Å². The molecule has 1 aromatic carbocycles. The average molecular weight is 1890 g/mol. The van der Waals surface area contributed by atoms with Crippen LogP contribution in [0.25, 0.3) is 0 Å². The van der Waals surface area contributed by atoms with Crippen LogP contribution in [0, 0.1) is 0 Å². The molecule has 0 atom stereocenters. The molecule has 762 valence electrons. The van der Waals surface area contributed by atoms with Crippen molar-refractivity contribution >= 4 is 89.4 Å². The lowest BCUT2D eigenvalue weighted by atomic mass is 10.0. The minimum absolute atomic E-state index is 0.00619. The van der Waals surface area contributed by atoms with Crippen LogP contribution in [0.1, 0.15) is 387 Å². The lowest BCUT2D eigenvalue weighted by molar-refractivity contribution is -0.153. The topological polar surface area (TPSA) is 413 Å². The summed E-state index contributed by atoms with van der Waals surface area (Å²) < 4.78 is 64.0. The Morgan fingerprint density at radius 1 is 0.180 bits per heavy atom. The van der Waals surface area contributed by atoms with Crippen molar-refractivity contribution in [2.75, 3.05) is 158 Å². The van der Waals surface area contributed by atoms with Crippen LogP contribution < -0.4 is 16.0 Å². The molecular formula is C100H170N6O27. The highest BCUT2D eigenvalue weighted by Gasteiger charge is 2.22. The lowest BCUT2D eigenvalue weighted by Crippen LogP contribution is -2.32. The summed E-state index contributed by atoms with van der Waals surface area (Å²) in [6, 6.07) is 4.12. The quantitative estimate of drug-likeness (QED) is 0.0310. The Bertz CT molecular complexity index is 3030. The van der Waals surface area contributed by atoms with Crippen molar-refractivity contribution in [3.05, 3.63) is 34.9 Å². The molecule has 0 radical (unpaired) electrons. The highest BCUT2D eigenvalue weighted by Crippen LogP contribution is 2.17. The maximum absolute atomic E-state index is 14.3. The van der Waals surface area contributed by atoms with Crippen LogP contribution in [-0.2, 0) is 114 Å². The van der Waals surface area contributed by atoms with E-state index in [2.05, 4.69) is 57.5 Å². The summed E-state index contributed by atoms with van der Waals surface area (Å²) >= 11 is 0. The predicted molar refractivity (Wildman–Crippen MR) is 505 cm³/mol. The summed E-state index contributed by atoms with van der Waals surface area (Å²) in [4.78, 5) is 200. The molecule has 33 nitrogen and oxygen atoms in total. The van der Waals surface area contributed by atoms with Crippen LogP contribution in [0.15, 0.2) is 18.2 Å². The van der Waals surface area contributed by atoms with E-state index in [0.717, 1.165) is 167 Å². The minimum atomic E-state index is -0.602. The Kier molecular flexibility index (Phi) is 80.1. The second-order valence-corrected chi connectivity index (χ2v) is 33.7. The number of carbonyl (C=O) groups is 15. The summed E-state index contributed by atoms with van der Waals surface area (Å²) in [5.74, 6) is -7.22. The Hall–Kier alpha value is -8.85. The molecule has 0 fully saturated rings. The molecule has 0 saturated carbocycles. The van der Waals surface area contributed by atoms with E-state index in [4.69, 9.17) is 56.8 Å². The maximum Gasteiger partial charge on any atom is 0.307 e. The Balaban J connectivity index is 3.47. The molecule has 0 unspecified atom stereocenters. The van der Waals surface area contributed by atoms with Gasteiger partial charge >= 0.3 is 71.6 Å². The van der Waals surface area contributed by atoms with Gasteiger partial charge in [-0.1, -0.05) is 202 Å². The third-order valence-electron chi connectivity index (χ3n) is 21.9. The molecule has 1 aromatic rings. The van der Waals surface area contributed by atoms with Gasteiger partial charge in [0.15, 0.2) is 0 Å². The summed E-state index contributed by atoms with van der Waals surface area (Å²) in [5.41, 5.74) is -0.0187. The first-order chi connectivity index (χ1) is 64.5. The van der Waals surface area contributed by atoms with E-state index in [1.165, 1.54) is 18.2 Å². The molecule has 0 aliphatic rings. The van der Waals surface area contributed by atoms with Gasteiger partial charge in [0.05, 0.1) is 38.5 Å². The van der Waals surface area contributed by atoms with E-state index in [1.807, 2.05) is 14.7 Å². The number of nitrogens with one attached hydrogen (secondary N) is 3. The molecule has 0 aromatic heterocycles. The summed E-state index contributed by atoms with van der Waals surface area (Å²) in [6.07, 6.45) is 34.3. The van der Waals surface area contributed by atoms with Gasteiger partial charge in [-0.2, -0.15) is 0 Å². The molecule has 0 spiro atoms. The molecule has 0 bridgehead atoms. The first kappa shape index (κ1) is 122. The van der Waals surface area contributed by atoms with E-state index < -0.39 is 53.5 Å². The lowest BCUT2D eigenvalue weighted by Gasteiger charge is -2.22. The van der Waals surface area contributed by atoms with Crippen LogP contribution in [-0.4, -0.2) is 262 Å². The van der Waals surface area contributed by atoms with E-state index in [0.29, 0.717) is 90.3 Å². The standard InChI is InChI=1S/C100H170N6O27/c1-7-13-19-25-31-37-49-91(112)127-73-79-133-97(118)55-67-106(66-54-96(117)132-78-72-126-90(111)48-36-30-24-18-12-6)61-43-40-58-103-100(121)85-81-83(98(119)101-56-38-41-59-104(62-50-92(113)128-74-68-122-86(107)44-32-26-20-14-8-2)63-51-93(114)129-75-69-123-87(108)45-33-27-21-15-9-3)80-84(82-85)99(120)102-57-39-42-60-105(64-52-94(115)130-76-70-124-88(109)46-34-28-22-16-10-4)65-53-95(116)131-77-71-125-89(110)47-35-29-23-17-11-5/h80-82H,7-79H2,1-6H3,(H,101,119)(H,102,120)(H,103,121). The van der Waals surface area contributed by atoms with Gasteiger partial charge in [-0.25, -0.2) is 0 Å². The first-order valence-electron chi connectivity index (χ1n) is 50.6. The van der Waals surface area contributed by atoms with Crippen LogP contribution >= 0.6 is 0 Å². The molecule has 33 heteroatoms. The number of nitrogens with zero attached hydrogens (tertiary/aromatic N) is 3. The van der Waals surface area contributed by atoms with Crippen LogP contribution in [0.2, 0.25) is 0 Å². The van der Waals surface area contributed by atoms with E-state index in [-0.39, 0.29) is 268 Å². The van der Waals surface area contributed by atoms with Crippen molar-refractivity contribution in [1.29, 1.82) is 0 Å². The van der Waals surface area contributed by atoms with Gasteiger partial charge in [0.2, 0.25) is 0 Å². The molecule has 0 saturated heterocycles. The number of hydrogen-bond acceptors (Lipinski definition) is 30. The number of carbonyl (C=O) groups excluding carboxylic acids is 15. The largest absolute Gasteiger partial charge is 0.462 e. The van der Waals surface area contributed by atoms with Gasteiger partial charge < -0.3 is 87.5 Å². The predicted octanol–water partition coefficient (Wildman–Crippen LogP) is 15.5. The Morgan fingerprint density at radius 2 is 0.323 bits per heavy atom. The monoisotopic (exact) mass is 1890 g/mol. The number of unbranched alkanes of at least 4 members (excludes halogenated alkanes) is 28. The highest BCUT2D eigenvalue weighted by molar-refractivity contribution is 6.04. The Labute approximate surface area is 793 Å². The summed E-state index contributed by atoms with van der Waals surface area (Å²) in [7, 11) is 0. The van der Waals surface area contributed by atoms with Gasteiger partial charge in [0.1, 0.15) is 79.3 Å². The van der Waals surface area contributed by atoms with Crippen molar-refractivity contribution < 1.29 is 129 Å². The molecular weight excluding hydrogens is 1720 g/mol. The van der Waals surface area contributed by atoms with Gasteiger partial charge in [0, 0.05) is 114 Å². The van der Waals surface area contributed by atoms with Crippen molar-refractivity contribution in [2.24, 2.45) is 0 Å². The molecule has 0 heterocycles. The van der Waals surface area contributed by atoms with Crippen LogP contribution in [0.3, 0.4) is 0 Å². The summed E-state index contributed by atoms with van der Waals surface area (Å²) in [6.45, 7) is 14.0. The van der Waals surface area contributed by atoms with E-state index in [9.17, 15) is 71.9 Å². The fourth-order valence-corrected chi connectivity index (χ4v) is 14.0.